The lowest BCUT2D eigenvalue weighted by molar-refractivity contribution is -0.0547. The predicted molar refractivity (Wildman–Crippen MR) is 73.2 cm³/mol. The molecule has 1 aromatic rings. The summed E-state index contributed by atoms with van der Waals surface area (Å²) >= 11 is 1.60. The molecule has 0 spiro atoms. The van der Waals surface area contributed by atoms with E-state index in [1.54, 1.807) is 11.3 Å². The molecule has 6 heteroatoms. The van der Waals surface area contributed by atoms with E-state index in [2.05, 4.69) is 10.4 Å². The number of alkyl halides is 2. The first-order valence-electron chi connectivity index (χ1n) is 6.73. The van der Waals surface area contributed by atoms with Gasteiger partial charge in [0.2, 0.25) is 5.92 Å². The van der Waals surface area contributed by atoms with Gasteiger partial charge in [-0.1, -0.05) is 0 Å². The first-order chi connectivity index (χ1) is 8.98. The Hall–Kier alpha value is -0.590. The molecule has 1 aromatic heterocycles. The number of nitrogens with two attached hydrogens (primary N) is 1. The van der Waals surface area contributed by atoms with E-state index in [0.717, 1.165) is 23.5 Å². The molecule has 0 aromatic carbocycles. The number of nitrogens with zero attached hydrogens (tertiary/aromatic N) is 1. The van der Waals surface area contributed by atoms with Crippen molar-refractivity contribution in [2.24, 2.45) is 11.8 Å². The molecule has 1 heterocycles. The number of nitrogens with one attached hydrogen (secondary N) is 1. The summed E-state index contributed by atoms with van der Waals surface area (Å²) in [5.74, 6) is 3.13. The van der Waals surface area contributed by atoms with E-state index < -0.39 is 5.92 Å². The number of aryl methyl sites for hydroxylation is 1. The second-order valence-electron chi connectivity index (χ2n) is 5.50. The molecule has 2 rings (SSSR count). The minimum atomic E-state index is -2.49. The Balaban J connectivity index is 1.88. The standard InChI is InChI=1S/C13H21F2N3S/c1-9-8-19-12(17-9)6-11(18-16)5-10-3-2-4-13(14,15)7-10/h8,10-11,18H,2-7,16H2,1H3. The Bertz CT molecular complexity index is 408. The largest absolute Gasteiger partial charge is 0.271 e. The summed E-state index contributed by atoms with van der Waals surface area (Å²) in [6.07, 6.45) is 2.95. The molecule has 1 saturated carbocycles. The monoisotopic (exact) mass is 289 g/mol. The minimum absolute atomic E-state index is 0.00206. The van der Waals surface area contributed by atoms with Gasteiger partial charge in [0.1, 0.15) is 0 Å². The minimum Gasteiger partial charge on any atom is -0.271 e. The van der Waals surface area contributed by atoms with Crippen molar-refractivity contribution in [1.82, 2.24) is 10.4 Å². The van der Waals surface area contributed by atoms with Crippen LogP contribution < -0.4 is 11.3 Å². The maximum absolute atomic E-state index is 13.4. The fraction of sp³-hybridized carbons (Fsp3) is 0.769. The number of thiazole rings is 1. The molecule has 1 fully saturated rings. The van der Waals surface area contributed by atoms with Crippen molar-refractivity contribution < 1.29 is 8.78 Å². The van der Waals surface area contributed by atoms with Crippen molar-refractivity contribution in [3.8, 4) is 0 Å². The summed E-state index contributed by atoms with van der Waals surface area (Å²) in [5.41, 5.74) is 3.76. The molecule has 3 N–H and O–H groups in total. The zero-order valence-corrected chi connectivity index (χ0v) is 12.0. The number of hydrogen-bond donors (Lipinski definition) is 2. The highest BCUT2D eigenvalue weighted by Crippen LogP contribution is 2.38. The smallest absolute Gasteiger partial charge is 0.248 e. The number of rotatable bonds is 5. The van der Waals surface area contributed by atoms with Gasteiger partial charge in [0.25, 0.3) is 0 Å². The lowest BCUT2D eigenvalue weighted by Crippen LogP contribution is -2.40. The van der Waals surface area contributed by atoms with Crippen LogP contribution in [0.4, 0.5) is 8.78 Å². The topological polar surface area (TPSA) is 50.9 Å². The molecule has 3 nitrogen and oxygen atoms in total. The molecule has 19 heavy (non-hydrogen) atoms. The molecule has 0 amide bonds. The number of halogens is 2. The average Bonchev–Trinajstić information content (AvgIpc) is 2.72. The van der Waals surface area contributed by atoms with Gasteiger partial charge >= 0.3 is 0 Å². The number of hydrogen-bond acceptors (Lipinski definition) is 4. The van der Waals surface area contributed by atoms with Gasteiger partial charge in [-0.2, -0.15) is 0 Å². The highest BCUT2D eigenvalue weighted by molar-refractivity contribution is 7.09. The first-order valence-corrected chi connectivity index (χ1v) is 7.61. The van der Waals surface area contributed by atoms with Crippen LogP contribution in [0.1, 0.15) is 42.8 Å². The summed E-state index contributed by atoms with van der Waals surface area (Å²) in [6, 6.07) is 0.0319. The van der Waals surface area contributed by atoms with Crippen molar-refractivity contribution in [1.29, 1.82) is 0 Å². The molecule has 1 aliphatic rings. The molecule has 2 unspecified atom stereocenters. The third-order valence-electron chi connectivity index (χ3n) is 3.68. The van der Waals surface area contributed by atoms with Crippen molar-refractivity contribution in [3.63, 3.8) is 0 Å². The van der Waals surface area contributed by atoms with Gasteiger partial charge in [0, 0.05) is 36.4 Å². The van der Waals surface area contributed by atoms with Crippen LogP contribution >= 0.6 is 11.3 Å². The van der Waals surface area contributed by atoms with Crippen molar-refractivity contribution in [2.75, 3.05) is 0 Å². The highest BCUT2D eigenvalue weighted by atomic mass is 32.1. The van der Waals surface area contributed by atoms with E-state index in [1.165, 1.54) is 0 Å². The van der Waals surface area contributed by atoms with Gasteiger partial charge in [0.15, 0.2) is 0 Å². The quantitative estimate of drug-likeness (QED) is 0.647. The van der Waals surface area contributed by atoms with Crippen LogP contribution in [0.15, 0.2) is 5.38 Å². The van der Waals surface area contributed by atoms with Gasteiger partial charge in [-0.15, -0.1) is 11.3 Å². The predicted octanol–water partition coefficient (Wildman–Crippen LogP) is 3.04. The Morgan fingerprint density at radius 1 is 1.63 bits per heavy atom. The fourth-order valence-corrected chi connectivity index (χ4v) is 3.65. The second kappa shape index (κ2) is 6.24. The molecule has 0 bridgehead atoms. The SMILES string of the molecule is Cc1csc(CC(CC2CCCC(F)(F)C2)NN)n1. The molecular weight excluding hydrogens is 268 g/mol. The average molecular weight is 289 g/mol. The van der Waals surface area contributed by atoms with E-state index in [9.17, 15) is 8.78 Å². The van der Waals surface area contributed by atoms with E-state index >= 15 is 0 Å². The number of aromatic nitrogens is 1. The van der Waals surface area contributed by atoms with E-state index in [0.29, 0.717) is 12.8 Å². The zero-order valence-electron chi connectivity index (χ0n) is 11.2. The van der Waals surface area contributed by atoms with Crippen LogP contribution in [0.5, 0.6) is 0 Å². The Morgan fingerprint density at radius 2 is 2.42 bits per heavy atom. The van der Waals surface area contributed by atoms with Gasteiger partial charge in [-0.3, -0.25) is 11.3 Å². The van der Waals surface area contributed by atoms with Crippen LogP contribution in [-0.2, 0) is 6.42 Å². The van der Waals surface area contributed by atoms with E-state index in [-0.39, 0.29) is 24.8 Å². The third kappa shape index (κ3) is 4.47. The summed E-state index contributed by atoms with van der Waals surface area (Å²) in [6.45, 7) is 1.95. The van der Waals surface area contributed by atoms with Gasteiger partial charge in [-0.05, 0) is 32.1 Å². The zero-order chi connectivity index (χ0) is 13.9. The summed E-state index contributed by atoms with van der Waals surface area (Å²) in [5, 5.41) is 3.01. The molecular formula is C13H21F2N3S. The molecule has 108 valence electrons. The maximum atomic E-state index is 13.4. The fourth-order valence-electron chi connectivity index (χ4n) is 2.80. The van der Waals surface area contributed by atoms with Crippen molar-refractivity contribution in [2.45, 2.75) is 57.4 Å². The normalized spacial score (nSPS) is 24.3. The summed E-state index contributed by atoms with van der Waals surface area (Å²) in [4.78, 5) is 4.39. The van der Waals surface area contributed by atoms with Crippen LogP contribution in [0, 0.1) is 12.8 Å². The molecule has 0 radical (unpaired) electrons. The third-order valence-corrected chi connectivity index (χ3v) is 4.67. The Morgan fingerprint density at radius 3 is 3.00 bits per heavy atom. The molecule has 2 atom stereocenters. The van der Waals surface area contributed by atoms with Crippen LogP contribution in [0.25, 0.3) is 0 Å². The van der Waals surface area contributed by atoms with Crippen LogP contribution in [0.3, 0.4) is 0 Å². The Labute approximate surface area is 116 Å². The lowest BCUT2D eigenvalue weighted by atomic mass is 9.82. The highest BCUT2D eigenvalue weighted by Gasteiger charge is 2.36. The van der Waals surface area contributed by atoms with Crippen LogP contribution in [-0.4, -0.2) is 16.9 Å². The maximum Gasteiger partial charge on any atom is 0.248 e. The van der Waals surface area contributed by atoms with Crippen molar-refractivity contribution >= 4 is 11.3 Å². The Kier molecular flexibility index (Phi) is 4.86. The van der Waals surface area contributed by atoms with E-state index in [4.69, 9.17) is 5.84 Å². The second-order valence-corrected chi connectivity index (χ2v) is 6.45. The lowest BCUT2D eigenvalue weighted by Gasteiger charge is -2.31. The molecule has 0 aliphatic heterocycles. The van der Waals surface area contributed by atoms with Crippen LogP contribution in [0.2, 0.25) is 0 Å². The van der Waals surface area contributed by atoms with Gasteiger partial charge < -0.3 is 0 Å². The first kappa shape index (κ1) is 14.8. The van der Waals surface area contributed by atoms with E-state index in [1.807, 2.05) is 12.3 Å². The summed E-state index contributed by atoms with van der Waals surface area (Å²) < 4.78 is 26.8. The van der Waals surface area contributed by atoms with Crippen molar-refractivity contribution in [3.05, 3.63) is 16.1 Å². The molecule has 1 aliphatic carbocycles. The molecule has 0 saturated heterocycles. The summed E-state index contributed by atoms with van der Waals surface area (Å²) in [7, 11) is 0. The van der Waals surface area contributed by atoms with Gasteiger partial charge in [0.05, 0.1) is 5.01 Å². The number of hydrazine groups is 1. The van der Waals surface area contributed by atoms with Gasteiger partial charge in [-0.25, -0.2) is 13.8 Å².